The third-order valence-electron chi connectivity index (χ3n) is 5.83. The first-order valence-corrected chi connectivity index (χ1v) is 12.5. The predicted octanol–water partition coefficient (Wildman–Crippen LogP) is 5.94. The van der Waals surface area contributed by atoms with Gasteiger partial charge in [0.15, 0.2) is 5.13 Å². The molecule has 0 bridgehead atoms. The molecule has 2 heterocycles. The van der Waals surface area contributed by atoms with Crippen molar-refractivity contribution in [3.8, 4) is 0 Å². The van der Waals surface area contributed by atoms with E-state index >= 15 is 0 Å². The second kappa shape index (κ2) is 10.2. The lowest BCUT2D eigenvalue weighted by atomic mass is 10.1. The zero-order valence-electron chi connectivity index (χ0n) is 20.0. The molecule has 1 aromatic heterocycles. The summed E-state index contributed by atoms with van der Waals surface area (Å²) in [5.41, 5.74) is 3.94. The van der Waals surface area contributed by atoms with Crippen LogP contribution in [0.4, 0.5) is 10.8 Å². The van der Waals surface area contributed by atoms with Crippen molar-refractivity contribution in [1.29, 1.82) is 0 Å². The number of esters is 1. The first-order chi connectivity index (χ1) is 17.5. The molecule has 0 spiro atoms. The normalized spacial score (nSPS) is 17.0. The molecule has 1 aliphatic rings. The number of aryl methyl sites for hydroxylation is 1. The number of fused-ring (bicyclic) bond motifs is 1. The average Bonchev–Trinajstić information content (AvgIpc) is 3.42. The minimum Gasteiger partial charge on any atom is -0.463 e. The molecule has 5 rings (SSSR count). The van der Waals surface area contributed by atoms with Gasteiger partial charge in [-0.3, -0.25) is 9.69 Å². The summed E-state index contributed by atoms with van der Waals surface area (Å²) < 4.78 is 6.15. The van der Waals surface area contributed by atoms with Crippen LogP contribution in [0.3, 0.4) is 0 Å². The van der Waals surface area contributed by atoms with Crippen LogP contribution in [-0.2, 0) is 14.3 Å². The van der Waals surface area contributed by atoms with E-state index in [1.165, 1.54) is 17.4 Å². The van der Waals surface area contributed by atoms with Gasteiger partial charge in [-0.1, -0.05) is 77.6 Å². The monoisotopic (exact) mass is 495 g/mol. The Hall–Kier alpha value is -4.23. The van der Waals surface area contributed by atoms with Crippen LogP contribution >= 0.6 is 11.3 Å². The predicted molar refractivity (Wildman–Crippen MR) is 145 cm³/mol. The molecule has 1 aliphatic heterocycles. The van der Waals surface area contributed by atoms with Gasteiger partial charge in [0.05, 0.1) is 22.9 Å². The number of ether oxygens (including phenoxy) is 1. The Bertz CT molecular complexity index is 1430. The summed E-state index contributed by atoms with van der Waals surface area (Å²) in [4.78, 5) is 34.7. The van der Waals surface area contributed by atoms with E-state index in [4.69, 9.17) is 9.72 Å². The number of nitrogens with zero attached hydrogens (tertiary/aromatic N) is 3. The van der Waals surface area contributed by atoms with Crippen LogP contribution in [0.25, 0.3) is 16.3 Å². The zero-order chi connectivity index (χ0) is 25.1. The maximum Gasteiger partial charge on any atom is 0.333 e. The second-order valence-electron chi connectivity index (χ2n) is 8.31. The fraction of sp³-hybridized carbons (Fsp3) is 0.138. The molecule has 0 saturated carbocycles. The molecule has 1 saturated heterocycles. The lowest BCUT2D eigenvalue weighted by Gasteiger charge is -2.27. The molecule has 3 aromatic carbocycles. The van der Waals surface area contributed by atoms with E-state index < -0.39 is 12.1 Å². The number of carbonyl (C=O) groups excluding carboxylic acids is 2. The molecule has 1 atom stereocenters. The lowest BCUT2D eigenvalue weighted by molar-refractivity contribution is -0.137. The van der Waals surface area contributed by atoms with E-state index in [9.17, 15) is 9.59 Å². The number of hydrogen-bond acceptors (Lipinski definition) is 6. The van der Waals surface area contributed by atoms with E-state index in [1.807, 2.05) is 103 Å². The van der Waals surface area contributed by atoms with Crippen molar-refractivity contribution >= 4 is 50.3 Å². The van der Waals surface area contributed by atoms with Crippen molar-refractivity contribution in [3.63, 3.8) is 0 Å². The molecular weight excluding hydrogens is 470 g/mol. The van der Waals surface area contributed by atoms with Crippen molar-refractivity contribution in [3.05, 3.63) is 108 Å². The Labute approximate surface area is 213 Å². The van der Waals surface area contributed by atoms with Crippen LogP contribution in [0.5, 0.6) is 0 Å². The van der Waals surface area contributed by atoms with Gasteiger partial charge in [0.1, 0.15) is 11.9 Å². The van der Waals surface area contributed by atoms with E-state index in [0.29, 0.717) is 5.13 Å². The molecule has 0 radical (unpaired) electrons. The van der Waals surface area contributed by atoms with Crippen LogP contribution in [0.2, 0.25) is 0 Å². The summed E-state index contributed by atoms with van der Waals surface area (Å²) in [7, 11) is 0. The van der Waals surface area contributed by atoms with E-state index in [2.05, 4.69) is 0 Å². The van der Waals surface area contributed by atoms with Gasteiger partial charge < -0.3 is 9.64 Å². The largest absolute Gasteiger partial charge is 0.463 e. The van der Waals surface area contributed by atoms with E-state index in [0.717, 1.165) is 27.0 Å². The number of rotatable bonds is 6. The standard InChI is InChI=1S/C29H25N3O3S/c1-3-35-27(33)19-24-28(34)32(29-30-23-11-7-8-12-25(23)36-29)26(18-15-21-9-5-4-6-10-21)31(24)22-16-13-20(2)14-17-22/h4-19,26H,3H2,1-2H3/b18-15+,24-19+. The van der Waals surface area contributed by atoms with E-state index in [1.54, 1.807) is 11.8 Å². The molecule has 1 fully saturated rings. The van der Waals surface area contributed by atoms with Crippen molar-refractivity contribution in [1.82, 2.24) is 4.98 Å². The Morgan fingerprint density at radius 1 is 1.00 bits per heavy atom. The van der Waals surface area contributed by atoms with Gasteiger partial charge in [-0.05, 0) is 49.8 Å². The number of anilines is 2. The lowest BCUT2D eigenvalue weighted by Crippen LogP contribution is -2.38. The van der Waals surface area contributed by atoms with Gasteiger partial charge in [0.25, 0.3) is 5.91 Å². The van der Waals surface area contributed by atoms with Crippen molar-refractivity contribution in [2.45, 2.75) is 20.0 Å². The number of amides is 1. The summed E-state index contributed by atoms with van der Waals surface area (Å²) in [6.45, 7) is 3.97. The smallest absolute Gasteiger partial charge is 0.333 e. The number of benzene rings is 3. The number of thiazole rings is 1. The maximum atomic E-state index is 13.9. The minimum absolute atomic E-state index is 0.222. The van der Waals surface area contributed by atoms with Crippen LogP contribution < -0.4 is 9.80 Å². The van der Waals surface area contributed by atoms with Crippen LogP contribution in [0, 0.1) is 6.92 Å². The summed E-state index contributed by atoms with van der Waals surface area (Å²) in [5.74, 6) is -0.875. The molecule has 6 nitrogen and oxygen atoms in total. The Kier molecular flexibility index (Phi) is 6.64. The maximum absolute atomic E-state index is 13.9. The highest BCUT2D eigenvalue weighted by Gasteiger charge is 2.44. The molecule has 1 unspecified atom stereocenters. The van der Waals surface area contributed by atoms with Crippen LogP contribution in [-0.4, -0.2) is 29.6 Å². The first kappa shape index (κ1) is 23.5. The fourth-order valence-electron chi connectivity index (χ4n) is 4.13. The van der Waals surface area contributed by atoms with Crippen molar-refractivity contribution < 1.29 is 14.3 Å². The quantitative estimate of drug-likeness (QED) is 0.245. The first-order valence-electron chi connectivity index (χ1n) is 11.7. The number of hydrogen-bond donors (Lipinski definition) is 0. The molecule has 0 aliphatic carbocycles. The molecule has 36 heavy (non-hydrogen) atoms. The van der Waals surface area contributed by atoms with Crippen molar-refractivity contribution in [2.24, 2.45) is 0 Å². The fourth-order valence-corrected chi connectivity index (χ4v) is 5.12. The molecule has 180 valence electrons. The third-order valence-corrected chi connectivity index (χ3v) is 6.86. The van der Waals surface area contributed by atoms with Gasteiger partial charge in [-0.25, -0.2) is 9.78 Å². The van der Waals surface area contributed by atoms with Crippen LogP contribution in [0.15, 0.2) is 96.7 Å². The summed E-state index contributed by atoms with van der Waals surface area (Å²) >= 11 is 1.44. The highest BCUT2D eigenvalue weighted by Crippen LogP contribution is 2.39. The topological polar surface area (TPSA) is 62.7 Å². The summed E-state index contributed by atoms with van der Waals surface area (Å²) in [6, 6.07) is 25.6. The van der Waals surface area contributed by atoms with Crippen LogP contribution in [0.1, 0.15) is 18.1 Å². The minimum atomic E-state index is -0.560. The molecular formula is C29H25N3O3S. The highest BCUT2D eigenvalue weighted by atomic mass is 32.1. The third kappa shape index (κ3) is 4.65. The zero-order valence-corrected chi connectivity index (χ0v) is 20.8. The van der Waals surface area contributed by atoms with Gasteiger partial charge in [0, 0.05) is 5.69 Å². The molecule has 0 N–H and O–H groups in total. The second-order valence-corrected chi connectivity index (χ2v) is 9.32. The molecule has 7 heteroatoms. The Morgan fingerprint density at radius 3 is 2.44 bits per heavy atom. The van der Waals surface area contributed by atoms with Gasteiger partial charge in [-0.15, -0.1) is 0 Å². The summed E-state index contributed by atoms with van der Waals surface area (Å²) in [5, 5.41) is 0.563. The number of carbonyl (C=O) groups is 2. The molecule has 4 aromatic rings. The Morgan fingerprint density at radius 2 is 1.72 bits per heavy atom. The van der Waals surface area contributed by atoms with Gasteiger partial charge >= 0.3 is 5.97 Å². The number of aromatic nitrogens is 1. The summed E-state index contributed by atoms with van der Waals surface area (Å²) in [6.07, 6.45) is 4.68. The number of para-hydroxylation sites is 1. The highest BCUT2D eigenvalue weighted by molar-refractivity contribution is 7.22. The average molecular weight is 496 g/mol. The van der Waals surface area contributed by atoms with Crippen molar-refractivity contribution in [2.75, 3.05) is 16.4 Å². The Balaban J connectivity index is 1.68. The molecule has 1 amide bonds. The van der Waals surface area contributed by atoms with Gasteiger partial charge in [0.2, 0.25) is 0 Å². The van der Waals surface area contributed by atoms with Gasteiger partial charge in [-0.2, -0.15) is 0 Å². The van der Waals surface area contributed by atoms with E-state index in [-0.39, 0.29) is 18.2 Å². The SMILES string of the molecule is CCOC(=O)/C=C1\C(=O)N(c2nc3ccccc3s2)C(/C=C/c2ccccc2)N1c1ccc(C)cc1.